The Morgan fingerprint density at radius 1 is 1.08 bits per heavy atom. The zero-order valence-electron chi connectivity index (χ0n) is 13.9. The van der Waals surface area contributed by atoms with E-state index < -0.39 is 0 Å². The zero-order chi connectivity index (χ0) is 16.9. The Morgan fingerprint density at radius 2 is 1.83 bits per heavy atom. The molecular formula is C19H21NO3S. The van der Waals surface area contributed by atoms with Crippen LogP contribution in [0.25, 0.3) is 0 Å². The molecule has 0 saturated carbocycles. The van der Waals surface area contributed by atoms with Crippen LogP contribution in [0.2, 0.25) is 0 Å². The lowest BCUT2D eigenvalue weighted by molar-refractivity contribution is 0.0761. The maximum Gasteiger partial charge on any atom is 0.254 e. The Balaban J connectivity index is 1.77. The normalized spacial score (nSPS) is 17.4. The van der Waals surface area contributed by atoms with Gasteiger partial charge >= 0.3 is 0 Å². The van der Waals surface area contributed by atoms with Crippen LogP contribution in [0, 0.1) is 0 Å². The van der Waals surface area contributed by atoms with Crippen molar-refractivity contribution in [3.8, 4) is 11.5 Å². The Bertz CT molecular complexity index is 705. The van der Waals surface area contributed by atoms with E-state index in [1.807, 2.05) is 34.9 Å². The van der Waals surface area contributed by atoms with Crippen molar-refractivity contribution in [3.05, 3.63) is 59.7 Å². The smallest absolute Gasteiger partial charge is 0.254 e. The molecule has 1 aliphatic heterocycles. The van der Waals surface area contributed by atoms with Crippen LogP contribution in [0.1, 0.15) is 21.2 Å². The van der Waals surface area contributed by atoms with E-state index in [4.69, 9.17) is 9.47 Å². The van der Waals surface area contributed by atoms with Gasteiger partial charge < -0.3 is 14.4 Å². The van der Waals surface area contributed by atoms with Crippen molar-refractivity contribution in [2.75, 3.05) is 33.1 Å². The van der Waals surface area contributed by atoms with Crippen LogP contribution < -0.4 is 9.47 Å². The van der Waals surface area contributed by atoms with Crippen molar-refractivity contribution in [1.82, 2.24) is 4.90 Å². The summed E-state index contributed by atoms with van der Waals surface area (Å²) in [7, 11) is 3.17. The number of carbonyl (C=O) groups excluding carboxylic acids is 1. The van der Waals surface area contributed by atoms with Gasteiger partial charge in [-0.25, -0.2) is 0 Å². The number of hydrogen-bond donors (Lipinski definition) is 0. The molecule has 2 aromatic carbocycles. The van der Waals surface area contributed by atoms with Crippen molar-refractivity contribution in [2.24, 2.45) is 0 Å². The highest BCUT2D eigenvalue weighted by Crippen LogP contribution is 2.34. The molecule has 1 aliphatic rings. The maximum atomic E-state index is 12.9. The number of methoxy groups -OCH3 is 2. The minimum atomic E-state index is 0.0391. The van der Waals surface area contributed by atoms with Crippen LogP contribution >= 0.6 is 11.8 Å². The van der Waals surface area contributed by atoms with E-state index in [9.17, 15) is 4.79 Å². The Kier molecular flexibility index (Phi) is 5.30. The summed E-state index contributed by atoms with van der Waals surface area (Å²) in [6.07, 6.45) is 0. The number of carbonyl (C=O) groups is 1. The molecule has 2 aromatic rings. The summed E-state index contributed by atoms with van der Waals surface area (Å²) in [5.41, 5.74) is 1.90. The molecule has 126 valence electrons. The third-order valence-corrected chi connectivity index (χ3v) is 5.40. The van der Waals surface area contributed by atoms with E-state index in [-0.39, 0.29) is 5.91 Å². The van der Waals surface area contributed by atoms with E-state index >= 15 is 0 Å². The highest BCUT2D eigenvalue weighted by molar-refractivity contribution is 7.99. The van der Waals surface area contributed by atoms with E-state index in [1.54, 1.807) is 32.4 Å². The van der Waals surface area contributed by atoms with Crippen molar-refractivity contribution in [1.29, 1.82) is 0 Å². The van der Waals surface area contributed by atoms with E-state index in [1.165, 1.54) is 5.56 Å². The highest BCUT2D eigenvalue weighted by atomic mass is 32.2. The van der Waals surface area contributed by atoms with Crippen LogP contribution in [0.4, 0.5) is 0 Å². The first-order valence-corrected chi connectivity index (χ1v) is 8.95. The number of thioether (sulfide) groups is 1. The van der Waals surface area contributed by atoms with Gasteiger partial charge in [0.15, 0.2) is 11.5 Å². The molecule has 0 N–H and O–H groups in total. The SMILES string of the molecule is COc1ccc(C(=O)N2CCSC(c3ccccc3)C2)cc1OC. The van der Waals surface area contributed by atoms with E-state index in [0.717, 1.165) is 18.8 Å². The Labute approximate surface area is 146 Å². The maximum absolute atomic E-state index is 12.9. The van der Waals surface area contributed by atoms with Crippen molar-refractivity contribution in [3.63, 3.8) is 0 Å². The van der Waals surface area contributed by atoms with Crippen LogP contribution in [-0.2, 0) is 0 Å². The minimum absolute atomic E-state index is 0.0391. The molecular weight excluding hydrogens is 322 g/mol. The lowest BCUT2D eigenvalue weighted by Gasteiger charge is -2.32. The van der Waals surface area contributed by atoms with E-state index in [0.29, 0.717) is 22.3 Å². The molecule has 1 atom stereocenters. The fraction of sp³-hybridized carbons (Fsp3) is 0.316. The molecule has 0 spiro atoms. The third-order valence-electron chi connectivity index (χ3n) is 4.16. The number of hydrogen-bond acceptors (Lipinski definition) is 4. The summed E-state index contributed by atoms with van der Waals surface area (Å²) in [5, 5.41) is 0.323. The lowest BCUT2D eigenvalue weighted by atomic mass is 10.1. The molecule has 1 heterocycles. The molecule has 3 rings (SSSR count). The topological polar surface area (TPSA) is 38.8 Å². The van der Waals surface area contributed by atoms with Gasteiger partial charge in [0.05, 0.1) is 14.2 Å². The first-order chi connectivity index (χ1) is 11.7. The molecule has 1 fully saturated rings. The Hall–Kier alpha value is -2.14. The second-order valence-corrected chi connectivity index (χ2v) is 6.90. The van der Waals surface area contributed by atoms with E-state index in [2.05, 4.69) is 12.1 Å². The molecule has 5 heteroatoms. The van der Waals surface area contributed by atoms with Gasteiger partial charge in [0.1, 0.15) is 0 Å². The van der Waals surface area contributed by atoms with Crippen LogP contribution in [0.15, 0.2) is 48.5 Å². The largest absolute Gasteiger partial charge is 0.493 e. The number of ether oxygens (including phenoxy) is 2. The molecule has 0 aliphatic carbocycles. The summed E-state index contributed by atoms with van der Waals surface area (Å²) in [5.74, 6) is 2.19. The summed E-state index contributed by atoms with van der Waals surface area (Å²) < 4.78 is 10.5. The molecule has 0 aromatic heterocycles. The highest BCUT2D eigenvalue weighted by Gasteiger charge is 2.26. The number of benzene rings is 2. The monoisotopic (exact) mass is 343 g/mol. The lowest BCUT2D eigenvalue weighted by Crippen LogP contribution is -2.39. The molecule has 0 bridgehead atoms. The van der Waals surface area contributed by atoms with Crippen LogP contribution in [0.3, 0.4) is 0 Å². The molecule has 4 nitrogen and oxygen atoms in total. The second kappa shape index (κ2) is 7.62. The van der Waals surface area contributed by atoms with Crippen LogP contribution in [0.5, 0.6) is 11.5 Å². The molecule has 24 heavy (non-hydrogen) atoms. The van der Waals surface area contributed by atoms with Gasteiger partial charge in [-0.3, -0.25) is 4.79 Å². The predicted molar refractivity (Wildman–Crippen MR) is 97.1 cm³/mol. The molecule has 0 radical (unpaired) electrons. The van der Waals surface area contributed by atoms with Gasteiger partial charge in [0.25, 0.3) is 5.91 Å². The summed E-state index contributed by atoms with van der Waals surface area (Å²) in [4.78, 5) is 14.8. The average Bonchev–Trinajstić information content (AvgIpc) is 2.67. The fourth-order valence-electron chi connectivity index (χ4n) is 2.85. The minimum Gasteiger partial charge on any atom is -0.493 e. The summed E-state index contributed by atoms with van der Waals surface area (Å²) >= 11 is 1.91. The number of nitrogens with zero attached hydrogens (tertiary/aromatic N) is 1. The van der Waals surface area contributed by atoms with Gasteiger partial charge in [-0.1, -0.05) is 30.3 Å². The van der Waals surface area contributed by atoms with Gasteiger partial charge in [0, 0.05) is 29.7 Å². The quantitative estimate of drug-likeness (QED) is 0.850. The average molecular weight is 343 g/mol. The van der Waals surface area contributed by atoms with Gasteiger partial charge in [-0.2, -0.15) is 11.8 Å². The second-order valence-electron chi connectivity index (χ2n) is 5.59. The summed E-state index contributed by atoms with van der Waals surface area (Å²) in [6.45, 7) is 1.49. The fourth-order valence-corrected chi connectivity index (χ4v) is 4.10. The zero-order valence-corrected chi connectivity index (χ0v) is 14.7. The molecule has 1 saturated heterocycles. The third kappa shape index (κ3) is 3.51. The van der Waals surface area contributed by atoms with Crippen molar-refractivity contribution < 1.29 is 14.3 Å². The van der Waals surface area contributed by atoms with Gasteiger partial charge in [-0.15, -0.1) is 0 Å². The van der Waals surface area contributed by atoms with Gasteiger partial charge in [-0.05, 0) is 23.8 Å². The molecule has 1 amide bonds. The van der Waals surface area contributed by atoms with Gasteiger partial charge in [0.2, 0.25) is 0 Å². The number of rotatable bonds is 4. The van der Waals surface area contributed by atoms with Crippen molar-refractivity contribution >= 4 is 17.7 Å². The first-order valence-electron chi connectivity index (χ1n) is 7.90. The van der Waals surface area contributed by atoms with Crippen molar-refractivity contribution in [2.45, 2.75) is 5.25 Å². The standard InChI is InChI=1S/C19H21NO3S/c1-22-16-9-8-15(12-17(16)23-2)19(21)20-10-11-24-18(13-20)14-6-4-3-5-7-14/h3-9,12,18H,10-11,13H2,1-2H3. The first kappa shape index (κ1) is 16.7. The predicted octanol–water partition coefficient (Wildman–Crippen LogP) is 3.63. The van der Waals surface area contributed by atoms with Crippen LogP contribution in [-0.4, -0.2) is 43.9 Å². The summed E-state index contributed by atoms with van der Waals surface area (Å²) in [6, 6.07) is 15.7. The molecule has 1 unspecified atom stereocenters. The number of amides is 1. The Morgan fingerprint density at radius 3 is 2.54 bits per heavy atom.